The largest absolute Gasteiger partial charge is 0.370 e. The predicted octanol–water partition coefficient (Wildman–Crippen LogP) is 3.43. The molecule has 0 saturated heterocycles. The smallest absolute Gasteiger partial charge is 0.221 e. The number of hydrogen-bond donors (Lipinski definition) is 3. The molecule has 1 aromatic carbocycles. The number of benzene rings is 1. The molecular weight excluding hydrogens is 415 g/mol. The van der Waals surface area contributed by atoms with E-state index in [4.69, 9.17) is 5.73 Å². The van der Waals surface area contributed by atoms with Crippen LogP contribution in [0.15, 0.2) is 29.3 Å². The maximum atomic E-state index is 11.0. The number of aliphatic imine (C=N–C) groups is 1. The van der Waals surface area contributed by atoms with Gasteiger partial charge in [0, 0.05) is 25.2 Å². The van der Waals surface area contributed by atoms with Crippen LogP contribution in [0.4, 0.5) is 5.69 Å². The van der Waals surface area contributed by atoms with Gasteiger partial charge in [-0.25, -0.2) is 0 Å². The standard InChI is InChI=1S/C18H28N4O.HI/c1-14(23)21-17-10-8-15(9-11-17)12-13-20-18(19)22-16-6-4-2-3-5-7-16;/h8-11,16H,2-7,12-13H2,1H3,(H,21,23)(H3,19,20,22);1H. The van der Waals surface area contributed by atoms with E-state index in [2.05, 4.69) is 15.6 Å². The summed E-state index contributed by atoms with van der Waals surface area (Å²) >= 11 is 0. The van der Waals surface area contributed by atoms with Gasteiger partial charge in [-0.15, -0.1) is 24.0 Å². The van der Waals surface area contributed by atoms with E-state index in [0.717, 1.165) is 12.1 Å². The molecule has 2 rings (SSSR count). The van der Waals surface area contributed by atoms with E-state index >= 15 is 0 Å². The molecule has 1 aliphatic carbocycles. The van der Waals surface area contributed by atoms with Crippen LogP contribution in [-0.2, 0) is 11.2 Å². The highest BCUT2D eigenvalue weighted by molar-refractivity contribution is 14.0. The number of nitrogens with one attached hydrogen (secondary N) is 2. The quantitative estimate of drug-likeness (QED) is 0.282. The summed E-state index contributed by atoms with van der Waals surface area (Å²) in [6.45, 7) is 2.18. The zero-order valence-corrected chi connectivity index (χ0v) is 16.7. The van der Waals surface area contributed by atoms with E-state index in [9.17, 15) is 4.79 Å². The maximum absolute atomic E-state index is 11.0. The number of rotatable bonds is 5. The Balaban J connectivity index is 0.00000288. The Hall–Kier alpha value is -1.31. The fourth-order valence-electron chi connectivity index (χ4n) is 2.94. The van der Waals surface area contributed by atoms with Gasteiger partial charge in [-0.2, -0.15) is 0 Å². The Morgan fingerprint density at radius 3 is 2.38 bits per heavy atom. The van der Waals surface area contributed by atoms with Crippen molar-refractivity contribution in [2.24, 2.45) is 10.7 Å². The lowest BCUT2D eigenvalue weighted by molar-refractivity contribution is -0.114. The normalized spacial score (nSPS) is 16.0. The number of carbonyl (C=O) groups is 1. The molecule has 0 aliphatic heterocycles. The fraction of sp³-hybridized carbons (Fsp3) is 0.556. The summed E-state index contributed by atoms with van der Waals surface area (Å²) < 4.78 is 0. The zero-order valence-electron chi connectivity index (χ0n) is 14.4. The second-order valence-corrected chi connectivity index (χ2v) is 6.23. The van der Waals surface area contributed by atoms with Crippen LogP contribution in [0.1, 0.15) is 51.0 Å². The minimum atomic E-state index is -0.0558. The van der Waals surface area contributed by atoms with Crippen LogP contribution in [0.5, 0.6) is 0 Å². The third-order valence-corrected chi connectivity index (χ3v) is 4.16. The van der Waals surface area contributed by atoms with Crippen molar-refractivity contribution < 1.29 is 4.79 Å². The van der Waals surface area contributed by atoms with Crippen molar-refractivity contribution in [2.75, 3.05) is 11.9 Å². The summed E-state index contributed by atoms with van der Waals surface area (Å²) in [6, 6.07) is 8.32. The van der Waals surface area contributed by atoms with Crippen molar-refractivity contribution in [3.05, 3.63) is 29.8 Å². The number of guanidine groups is 1. The van der Waals surface area contributed by atoms with Gasteiger partial charge in [0.25, 0.3) is 0 Å². The average Bonchev–Trinajstić information content (AvgIpc) is 2.77. The number of hydrogen-bond acceptors (Lipinski definition) is 2. The molecule has 6 heteroatoms. The number of amides is 1. The van der Waals surface area contributed by atoms with Crippen molar-refractivity contribution in [3.63, 3.8) is 0 Å². The molecule has 4 N–H and O–H groups in total. The predicted molar refractivity (Wildman–Crippen MR) is 111 cm³/mol. The van der Waals surface area contributed by atoms with Crippen molar-refractivity contribution in [3.8, 4) is 0 Å². The minimum Gasteiger partial charge on any atom is -0.370 e. The Kier molecular flexibility index (Phi) is 9.75. The summed E-state index contributed by atoms with van der Waals surface area (Å²) in [7, 11) is 0. The van der Waals surface area contributed by atoms with E-state index in [1.807, 2.05) is 24.3 Å². The second-order valence-electron chi connectivity index (χ2n) is 6.23. The van der Waals surface area contributed by atoms with Crippen molar-refractivity contribution in [1.29, 1.82) is 0 Å². The summed E-state index contributed by atoms with van der Waals surface area (Å²) in [6.07, 6.45) is 8.47. The van der Waals surface area contributed by atoms with Gasteiger partial charge in [0.05, 0.1) is 0 Å². The summed E-state index contributed by atoms with van der Waals surface area (Å²) in [5.41, 5.74) is 7.99. The Bertz CT molecular complexity index is 522. The molecule has 1 fully saturated rings. The first kappa shape index (κ1) is 20.7. The number of nitrogens with zero attached hydrogens (tertiary/aromatic N) is 1. The maximum Gasteiger partial charge on any atom is 0.221 e. The second kappa shape index (κ2) is 11.3. The van der Waals surface area contributed by atoms with Gasteiger partial charge in [-0.3, -0.25) is 9.79 Å². The van der Waals surface area contributed by atoms with Crippen LogP contribution in [0.25, 0.3) is 0 Å². The molecule has 5 nitrogen and oxygen atoms in total. The third kappa shape index (κ3) is 7.99. The number of anilines is 1. The van der Waals surface area contributed by atoms with Gasteiger partial charge >= 0.3 is 0 Å². The van der Waals surface area contributed by atoms with Crippen LogP contribution in [0.2, 0.25) is 0 Å². The molecule has 0 spiro atoms. The molecule has 1 aliphatic rings. The highest BCUT2D eigenvalue weighted by Crippen LogP contribution is 2.17. The monoisotopic (exact) mass is 444 g/mol. The van der Waals surface area contributed by atoms with Crippen LogP contribution in [0.3, 0.4) is 0 Å². The molecule has 0 unspecified atom stereocenters. The van der Waals surface area contributed by atoms with Crippen LogP contribution < -0.4 is 16.4 Å². The van der Waals surface area contributed by atoms with Crippen LogP contribution >= 0.6 is 24.0 Å². The van der Waals surface area contributed by atoms with E-state index in [-0.39, 0.29) is 29.9 Å². The molecule has 1 amide bonds. The van der Waals surface area contributed by atoms with Gasteiger partial charge in [0.1, 0.15) is 0 Å². The molecule has 1 saturated carbocycles. The molecule has 0 atom stereocenters. The fourth-order valence-corrected chi connectivity index (χ4v) is 2.94. The average molecular weight is 444 g/mol. The molecular formula is C18H29IN4O. The first-order valence-electron chi connectivity index (χ1n) is 8.56. The van der Waals surface area contributed by atoms with E-state index < -0.39 is 0 Å². The molecule has 24 heavy (non-hydrogen) atoms. The van der Waals surface area contributed by atoms with E-state index in [1.54, 1.807) is 0 Å². The Morgan fingerprint density at radius 2 is 1.79 bits per heavy atom. The van der Waals surface area contributed by atoms with Gasteiger partial charge in [0.15, 0.2) is 5.96 Å². The Morgan fingerprint density at radius 1 is 1.17 bits per heavy atom. The zero-order chi connectivity index (χ0) is 16.5. The van der Waals surface area contributed by atoms with Gasteiger partial charge in [0.2, 0.25) is 5.91 Å². The molecule has 134 valence electrons. The third-order valence-electron chi connectivity index (χ3n) is 4.16. The lowest BCUT2D eigenvalue weighted by atomic mass is 10.1. The van der Waals surface area contributed by atoms with Gasteiger partial charge in [-0.1, -0.05) is 37.8 Å². The van der Waals surface area contributed by atoms with Crippen molar-refractivity contribution in [1.82, 2.24) is 5.32 Å². The van der Waals surface area contributed by atoms with Crippen molar-refractivity contribution >= 4 is 41.5 Å². The van der Waals surface area contributed by atoms with E-state index in [1.165, 1.54) is 51.0 Å². The number of halogens is 1. The van der Waals surface area contributed by atoms with Gasteiger partial charge in [-0.05, 0) is 37.0 Å². The van der Waals surface area contributed by atoms with E-state index in [0.29, 0.717) is 18.5 Å². The summed E-state index contributed by atoms with van der Waals surface area (Å²) in [5, 5.41) is 6.12. The highest BCUT2D eigenvalue weighted by atomic mass is 127. The van der Waals surface area contributed by atoms with Crippen LogP contribution in [0, 0.1) is 0 Å². The lowest BCUT2D eigenvalue weighted by Gasteiger charge is -2.16. The van der Waals surface area contributed by atoms with Crippen LogP contribution in [-0.4, -0.2) is 24.5 Å². The van der Waals surface area contributed by atoms with Gasteiger partial charge < -0.3 is 16.4 Å². The number of carbonyl (C=O) groups excluding carboxylic acids is 1. The summed E-state index contributed by atoms with van der Waals surface area (Å²) in [4.78, 5) is 15.4. The first-order chi connectivity index (χ1) is 11.1. The highest BCUT2D eigenvalue weighted by Gasteiger charge is 2.12. The number of nitrogens with two attached hydrogens (primary N) is 1. The molecule has 0 bridgehead atoms. The topological polar surface area (TPSA) is 79.5 Å². The molecule has 0 aromatic heterocycles. The first-order valence-corrected chi connectivity index (χ1v) is 8.56. The Labute approximate surface area is 161 Å². The minimum absolute atomic E-state index is 0. The molecule has 0 heterocycles. The lowest BCUT2D eigenvalue weighted by Crippen LogP contribution is -2.40. The molecule has 0 radical (unpaired) electrons. The van der Waals surface area contributed by atoms with Crippen molar-refractivity contribution in [2.45, 2.75) is 57.9 Å². The molecule has 1 aromatic rings. The summed E-state index contributed by atoms with van der Waals surface area (Å²) in [5.74, 6) is 0.506. The SMILES string of the molecule is CC(=O)Nc1ccc(CCN=C(N)NC2CCCCCC2)cc1.I.